The van der Waals surface area contributed by atoms with E-state index in [-0.39, 0.29) is 11.9 Å². The first-order valence-electron chi connectivity index (χ1n) is 10.3. The quantitative estimate of drug-likeness (QED) is 0.500. The van der Waals surface area contributed by atoms with Gasteiger partial charge in [-0.05, 0) is 42.3 Å². The van der Waals surface area contributed by atoms with Crippen molar-refractivity contribution in [3.63, 3.8) is 0 Å². The number of hydrogen-bond acceptors (Lipinski definition) is 6. The van der Waals surface area contributed by atoms with Crippen LogP contribution in [0.2, 0.25) is 0 Å². The molecule has 1 aliphatic carbocycles. The van der Waals surface area contributed by atoms with Crippen molar-refractivity contribution in [3.05, 3.63) is 83.3 Å². The summed E-state index contributed by atoms with van der Waals surface area (Å²) in [7, 11) is 0. The Hall–Kier alpha value is -3.84. The van der Waals surface area contributed by atoms with Gasteiger partial charge in [-0.15, -0.1) is 21.0 Å². The number of rotatable bonds is 8. The van der Waals surface area contributed by atoms with E-state index in [4.69, 9.17) is 10.2 Å². The van der Waals surface area contributed by atoms with Crippen molar-refractivity contribution in [2.24, 2.45) is 5.73 Å². The molecule has 3 aromatic rings. The van der Waals surface area contributed by atoms with Crippen LogP contribution in [0.3, 0.4) is 0 Å². The van der Waals surface area contributed by atoms with E-state index in [1.165, 1.54) is 0 Å². The van der Waals surface area contributed by atoms with Gasteiger partial charge >= 0.3 is 6.43 Å². The van der Waals surface area contributed by atoms with Gasteiger partial charge in [0.25, 0.3) is 5.89 Å². The fourth-order valence-corrected chi connectivity index (χ4v) is 3.37. The van der Waals surface area contributed by atoms with E-state index in [0.29, 0.717) is 11.3 Å². The Kier molecular flexibility index (Phi) is 6.37. The summed E-state index contributed by atoms with van der Waals surface area (Å²) >= 11 is 0. The number of alkyl halides is 2. The van der Waals surface area contributed by atoms with Crippen molar-refractivity contribution < 1.29 is 13.2 Å². The van der Waals surface area contributed by atoms with E-state index >= 15 is 0 Å². The summed E-state index contributed by atoms with van der Waals surface area (Å²) < 4.78 is 32.3. The van der Waals surface area contributed by atoms with Crippen LogP contribution in [0.15, 0.2) is 70.6 Å². The highest BCUT2D eigenvalue weighted by Crippen LogP contribution is 2.28. The third kappa shape index (κ3) is 4.73. The Bertz CT molecular complexity index is 1200. The molecule has 7 nitrogen and oxygen atoms in total. The van der Waals surface area contributed by atoms with Gasteiger partial charge in [0, 0.05) is 22.9 Å². The average molecular weight is 436 g/mol. The molecule has 32 heavy (non-hydrogen) atoms. The molecule has 0 saturated carbocycles. The highest BCUT2D eigenvalue weighted by Gasteiger charge is 2.19. The standard InChI is InChI=1S/C23H22F2N6O/c1-2-3-7-20(31-14-19(27-30-31)15-5-4-6-18(26)13-12-15)16-8-10-17(11-9-16)22-28-29-23(32-22)21(24)25/h5-6,8-14,20-21H,2-3,7,26H2,1H3. The van der Waals surface area contributed by atoms with Crippen LogP contribution in [0.4, 0.5) is 8.78 Å². The van der Waals surface area contributed by atoms with Crippen molar-refractivity contribution in [1.29, 1.82) is 0 Å². The third-order valence-corrected chi connectivity index (χ3v) is 5.07. The van der Waals surface area contributed by atoms with E-state index < -0.39 is 12.3 Å². The van der Waals surface area contributed by atoms with Gasteiger partial charge in [-0.2, -0.15) is 8.78 Å². The largest absolute Gasteiger partial charge is 0.415 e. The molecule has 9 heteroatoms. The van der Waals surface area contributed by atoms with E-state index in [9.17, 15) is 8.78 Å². The predicted octanol–water partition coefficient (Wildman–Crippen LogP) is 5.00. The maximum absolute atomic E-state index is 12.7. The normalized spacial score (nSPS) is 14.4. The fourth-order valence-electron chi connectivity index (χ4n) is 3.37. The van der Waals surface area contributed by atoms with Crippen LogP contribution in [0.5, 0.6) is 0 Å². The molecule has 1 aromatic carbocycles. The van der Waals surface area contributed by atoms with Gasteiger partial charge < -0.3 is 10.2 Å². The number of nitrogens with zero attached hydrogens (tertiary/aromatic N) is 5. The van der Waals surface area contributed by atoms with Crippen LogP contribution in [0.25, 0.3) is 17.0 Å². The number of halogens is 2. The molecule has 0 aliphatic heterocycles. The van der Waals surface area contributed by atoms with Crippen molar-refractivity contribution in [2.45, 2.75) is 38.7 Å². The topological polar surface area (TPSA) is 95.7 Å². The van der Waals surface area contributed by atoms with Crippen molar-refractivity contribution >= 4 is 5.57 Å². The van der Waals surface area contributed by atoms with Gasteiger partial charge in [0.1, 0.15) is 5.69 Å². The Balaban J connectivity index is 1.60. The SMILES string of the molecule is CCCCC(c1ccc(-c2nnc(C(F)F)o2)cc1)n1cc(C2=CC=C(N)C=C=C2)nn1. The monoisotopic (exact) mass is 436 g/mol. The molecule has 2 N–H and O–H groups in total. The van der Waals surface area contributed by atoms with Gasteiger partial charge in [0.2, 0.25) is 5.89 Å². The second-order valence-electron chi connectivity index (χ2n) is 7.35. The molecule has 0 radical (unpaired) electrons. The Morgan fingerprint density at radius 2 is 1.91 bits per heavy atom. The highest BCUT2D eigenvalue weighted by molar-refractivity contribution is 5.73. The van der Waals surface area contributed by atoms with Crippen LogP contribution in [-0.4, -0.2) is 25.2 Å². The maximum Gasteiger partial charge on any atom is 0.314 e. The summed E-state index contributed by atoms with van der Waals surface area (Å²) in [6, 6.07) is 7.37. The first-order chi connectivity index (χ1) is 15.5. The van der Waals surface area contributed by atoms with E-state index in [1.807, 2.05) is 35.2 Å². The van der Waals surface area contributed by atoms with Crippen LogP contribution in [0, 0.1) is 0 Å². The first kappa shape index (κ1) is 21.4. The van der Waals surface area contributed by atoms with Crippen LogP contribution in [-0.2, 0) is 0 Å². The molecule has 1 unspecified atom stereocenters. The van der Waals surface area contributed by atoms with E-state index in [0.717, 1.165) is 36.1 Å². The molecule has 164 valence electrons. The molecule has 4 rings (SSSR count). The minimum atomic E-state index is -2.80. The Morgan fingerprint density at radius 3 is 2.62 bits per heavy atom. The zero-order chi connectivity index (χ0) is 22.5. The molecule has 0 spiro atoms. The van der Waals surface area contributed by atoms with Gasteiger partial charge in [-0.1, -0.05) is 37.1 Å². The van der Waals surface area contributed by atoms with Crippen LogP contribution < -0.4 is 5.73 Å². The fraction of sp³-hybridized carbons (Fsp3) is 0.261. The number of nitrogens with two attached hydrogens (primary N) is 1. The maximum atomic E-state index is 12.7. The van der Waals surface area contributed by atoms with Crippen LogP contribution in [0.1, 0.15) is 55.8 Å². The lowest BCUT2D eigenvalue weighted by Crippen LogP contribution is -2.11. The number of benzene rings is 1. The van der Waals surface area contributed by atoms with Gasteiger partial charge in [-0.3, -0.25) is 0 Å². The minimum absolute atomic E-state index is 0.0314. The van der Waals surface area contributed by atoms with Gasteiger partial charge in [0.05, 0.1) is 12.2 Å². The lowest BCUT2D eigenvalue weighted by atomic mass is 10.00. The molecule has 1 aliphatic rings. The molecule has 2 heterocycles. The zero-order valence-corrected chi connectivity index (χ0v) is 17.4. The van der Waals surface area contributed by atoms with Gasteiger partial charge in [-0.25, -0.2) is 4.68 Å². The third-order valence-electron chi connectivity index (χ3n) is 5.07. The molecule has 0 fully saturated rings. The lowest BCUT2D eigenvalue weighted by molar-refractivity contribution is 0.116. The molecule has 0 amide bonds. The number of allylic oxidation sites excluding steroid dienone is 4. The second kappa shape index (κ2) is 9.53. The number of aromatic nitrogens is 5. The number of hydrogen-bond donors (Lipinski definition) is 1. The summed E-state index contributed by atoms with van der Waals surface area (Å²) in [5.41, 5.74) is 12.6. The number of unbranched alkanes of at least 4 members (excludes halogenated alkanes) is 1. The van der Waals surface area contributed by atoms with E-state index in [2.05, 4.69) is 33.2 Å². The van der Waals surface area contributed by atoms with Crippen molar-refractivity contribution in [3.8, 4) is 11.5 Å². The average Bonchev–Trinajstić information content (AvgIpc) is 3.43. The second-order valence-corrected chi connectivity index (χ2v) is 7.35. The molecule has 0 bridgehead atoms. The minimum Gasteiger partial charge on any atom is -0.415 e. The Morgan fingerprint density at radius 1 is 1.09 bits per heavy atom. The lowest BCUT2D eigenvalue weighted by Gasteiger charge is -2.17. The highest BCUT2D eigenvalue weighted by atomic mass is 19.3. The molecule has 0 saturated heterocycles. The van der Waals surface area contributed by atoms with Gasteiger partial charge in [0.15, 0.2) is 0 Å². The van der Waals surface area contributed by atoms with Crippen LogP contribution >= 0.6 is 0 Å². The summed E-state index contributed by atoms with van der Waals surface area (Å²) in [5, 5.41) is 15.8. The summed E-state index contributed by atoms with van der Waals surface area (Å²) in [6.45, 7) is 2.13. The predicted molar refractivity (Wildman–Crippen MR) is 115 cm³/mol. The Labute approximate surface area is 183 Å². The van der Waals surface area contributed by atoms with Crippen molar-refractivity contribution in [1.82, 2.24) is 25.2 Å². The smallest absolute Gasteiger partial charge is 0.314 e. The summed E-state index contributed by atoms with van der Waals surface area (Å²) in [6.07, 6.45) is 9.23. The van der Waals surface area contributed by atoms with Crippen molar-refractivity contribution in [2.75, 3.05) is 0 Å². The molecule has 2 aromatic heterocycles. The zero-order valence-electron chi connectivity index (χ0n) is 17.4. The molecular formula is C23H22F2N6O. The summed E-state index contributed by atoms with van der Waals surface area (Å²) in [5.74, 6) is -0.624. The summed E-state index contributed by atoms with van der Waals surface area (Å²) in [4.78, 5) is 0. The molecular weight excluding hydrogens is 414 g/mol. The molecule has 1 atom stereocenters. The first-order valence-corrected chi connectivity index (χ1v) is 10.3. The van der Waals surface area contributed by atoms with E-state index in [1.54, 1.807) is 24.3 Å².